The molecule has 2 aromatic carbocycles. The molecule has 3 aromatic rings. The average Bonchev–Trinajstić information content (AvgIpc) is 3.22. The van der Waals surface area contributed by atoms with Gasteiger partial charge in [0.05, 0.1) is 24.2 Å². The van der Waals surface area contributed by atoms with Gasteiger partial charge in [0.1, 0.15) is 0 Å². The number of carbonyl (C=O) groups excluding carboxylic acids is 2. The van der Waals surface area contributed by atoms with Crippen LogP contribution >= 0.6 is 11.6 Å². The summed E-state index contributed by atoms with van der Waals surface area (Å²) in [6, 6.07) is 15.9. The van der Waals surface area contributed by atoms with Crippen molar-refractivity contribution in [2.45, 2.75) is 26.2 Å². The predicted octanol–water partition coefficient (Wildman–Crippen LogP) is 5.53. The van der Waals surface area contributed by atoms with Gasteiger partial charge < -0.3 is 20.4 Å². The molecule has 0 saturated carbocycles. The van der Waals surface area contributed by atoms with Crippen LogP contribution in [0.3, 0.4) is 0 Å². The van der Waals surface area contributed by atoms with Crippen LogP contribution in [-0.2, 0) is 10.2 Å². The van der Waals surface area contributed by atoms with Crippen molar-refractivity contribution < 1.29 is 14.0 Å². The zero-order valence-corrected chi connectivity index (χ0v) is 17.8. The first-order valence-electron chi connectivity index (χ1n) is 9.51. The maximum Gasteiger partial charge on any atom is 0.291 e. The first-order chi connectivity index (χ1) is 14.2. The molecule has 0 bridgehead atoms. The summed E-state index contributed by atoms with van der Waals surface area (Å²) in [7, 11) is 0. The van der Waals surface area contributed by atoms with Crippen LogP contribution in [0.15, 0.2) is 65.3 Å². The van der Waals surface area contributed by atoms with Gasteiger partial charge in [-0.3, -0.25) is 9.59 Å². The summed E-state index contributed by atoms with van der Waals surface area (Å²) in [4.78, 5) is 24.6. The number of halogens is 1. The molecular formula is C23H24ClN3O3. The van der Waals surface area contributed by atoms with E-state index in [-0.39, 0.29) is 23.6 Å². The minimum absolute atomic E-state index is 0.0201. The molecule has 3 rings (SSSR count). The Labute approximate surface area is 180 Å². The summed E-state index contributed by atoms with van der Waals surface area (Å²) in [6.45, 7) is 6.43. The molecular weight excluding hydrogens is 402 g/mol. The average molecular weight is 426 g/mol. The summed E-state index contributed by atoms with van der Waals surface area (Å²) < 4.78 is 5.10. The quantitative estimate of drug-likeness (QED) is 0.484. The van der Waals surface area contributed by atoms with Crippen LogP contribution < -0.4 is 16.0 Å². The summed E-state index contributed by atoms with van der Waals surface area (Å²) in [5, 5.41) is 9.08. The third-order valence-electron chi connectivity index (χ3n) is 4.45. The highest BCUT2D eigenvalue weighted by atomic mass is 35.5. The van der Waals surface area contributed by atoms with Crippen LogP contribution in [0.2, 0.25) is 5.02 Å². The predicted molar refractivity (Wildman–Crippen MR) is 120 cm³/mol. The number of carbonyl (C=O) groups is 2. The van der Waals surface area contributed by atoms with E-state index in [4.69, 9.17) is 16.0 Å². The summed E-state index contributed by atoms with van der Waals surface area (Å²) in [5.74, 6) is -0.442. The lowest BCUT2D eigenvalue weighted by Crippen LogP contribution is -2.22. The fourth-order valence-electron chi connectivity index (χ4n) is 2.80. The van der Waals surface area contributed by atoms with Crippen molar-refractivity contribution in [1.29, 1.82) is 0 Å². The van der Waals surface area contributed by atoms with E-state index in [0.717, 1.165) is 5.69 Å². The van der Waals surface area contributed by atoms with Gasteiger partial charge in [-0.05, 0) is 53.4 Å². The van der Waals surface area contributed by atoms with E-state index in [1.54, 1.807) is 30.3 Å². The third-order valence-corrected chi connectivity index (χ3v) is 4.68. The summed E-state index contributed by atoms with van der Waals surface area (Å²) >= 11 is 6.06. The van der Waals surface area contributed by atoms with E-state index in [0.29, 0.717) is 16.4 Å². The van der Waals surface area contributed by atoms with Crippen LogP contribution in [0.4, 0.5) is 17.1 Å². The highest BCUT2D eigenvalue weighted by Crippen LogP contribution is 2.27. The van der Waals surface area contributed by atoms with E-state index in [1.807, 2.05) is 24.3 Å². The maximum atomic E-state index is 12.4. The standard InChI is InChI=1S/C23H24ClN3O3/c1-23(2,3)15-6-9-17(10-7-15)26-21(28)14-25-18-11-8-16(24)13-19(18)27-22(29)20-5-4-12-30-20/h4-13,25H,14H2,1-3H3,(H,26,28)(H,27,29). The highest BCUT2D eigenvalue weighted by Gasteiger charge is 2.14. The first kappa shape index (κ1) is 21.5. The van der Waals surface area contributed by atoms with Gasteiger partial charge in [0.25, 0.3) is 5.91 Å². The molecule has 1 aromatic heterocycles. The molecule has 1 heterocycles. The lowest BCUT2D eigenvalue weighted by molar-refractivity contribution is -0.114. The number of nitrogens with one attached hydrogen (secondary N) is 3. The molecule has 0 aliphatic carbocycles. The Morgan fingerprint density at radius 2 is 1.70 bits per heavy atom. The number of amides is 2. The molecule has 2 amide bonds. The van der Waals surface area contributed by atoms with E-state index < -0.39 is 5.91 Å². The van der Waals surface area contributed by atoms with Crippen LogP contribution in [-0.4, -0.2) is 18.4 Å². The zero-order chi connectivity index (χ0) is 21.7. The molecule has 0 aliphatic rings. The molecule has 6 nitrogen and oxygen atoms in total. The van der Waals surface area contributed by atoms with E-state index >= 15 is 0 Å². The van der Waals surface area contributed by atoms with E-state index in [2.05, 4.69) is 36.7 Å². The Morgan fingerprint density at radius 1 is 0.967 bits per heavy atom. The van der Waals surface area contributed by atoms with Crippen molar-refractivity contribution in [3.63, 3.8) is 0 Å². The van der Waals surface area contributed by atoms with Crippen LogP contribution in [0.1, 0.15) is 36.9 Å². The van der Waals surface area contributed by atoms with Crippen LogP contribution in [0.25, 0.3) is 0 Å². The second-order valence-corrected chi connectivity index (χ2v) is 8.29. The monoisotopic (exact) mass is 425 g/mol. The molecule has 3 N–H and O–H groups in total. The molecule has 0 aliphatic heterocycles. The van der Waals surface area contributed by atoms with Crippen molar-refractivity contribution >= 4 is 40.5 Å². The van der Waals surface area contributed by atoms with Gasteiger partial charge in [0.2, 0.25) is 5.91 Å². The van der Waals surface area contributed by atoms with Crippen LogP contribution in [0.5, 0.6) is 0 Å². The maximum absolute atomic E-state index is 12.4. The van der Waals surface area contributed by atoms with Crippen molar-refractivity contribution in [3.05, 3.63) is 77.2 Å². The van der Waals surface area contributed by atoms with E-state index in [1.165, 1.54) is 11.8 Å². The molecule has 0 unspecified atom stereocenters. The Bertz CT molecular complexity index is 1020. The number of rotatable bonds is 6. The SMILES string of the molecule is CC(C)(C)c1ccc(NC(=O)CNc2ccc(Cl)cc2NC(=O)c2ccco2)cc1. The second kappa shape index (κ2) is 9.05. The number of hydrogen-bond acceptors (Lipinski definition) is 4. The van der Waals surface area contributed by atoms with Gasteiger partial charge in [-0.15, -0.1) is 0 Å². The molecule has 0 atom stereocenters. The van der Waals surface area contributed by atoms with Crippen molar-refractivity contribution in [2.24, 2.45) is 0 Å². The minimum atomic E-state index is -0.409. The Kier molecular flexibility index (Phi) is 6.47. The number of hydrogen-bond donors (Lipinski definition) is 3. The summed E-state index contributed by atoms with van der Waals surface area (Å²) in [6.07, 6.45) is 1.42. The smallest absolute Gasteiger partial charge is 0.291 e. The largest absolute Gasteiger partial charge is 0.459 e. The third kappa shape index (κ3) is 5.64. The molecule has 0 fully saturated rings. The van der Waals surface area contributed by atoms with E-state index in [9.17, 15) is 9.59 Å². The zero-order valence-electron chi connectivity index (χ0n) is 17.1. The normalized spacial score (nSPS) is 11.1. The number of furan rings is 1. The second-order valence-electron chi connectivity index (χ2n) is 7.85. The van der Waals surface area contributed by atoms with Gasteiger partial charge >= 0.3 is 0 Å². The fraction of sp³-hybridized carbons (Fsp3) is 0.217. The first-order valence-corrected chi connectivity index (χ1v) is 9.89. The highest BCUT2D eigenvalue weighted by molar-refractivity contribution is 6.31. The number of anilines is 3. The molecule has 0 radical (unpaired) electrons. The molecule has 0 spiro atoms. The van der Waals surface area contributed by atoms with Crippen LogP contribution in [0, 0.1) is 0 Å². The fourth-order valence-corrected chi connectivity index (χ4v) is 2.97. The van der Waals surface area contributed by atoms with Gasteiger partial charge in [-0.1, -0.05) is 44.5 Å². The number of benzene rings is 2. The van der Waals surface area contributed by atoms with Crippen molar-refractivity contribution in [2.75, 3.05) is 22.5 Å². The Balaban J connectivity index is 1.62. The van der Waals surface area contributed by atoms with Gasteiger partial charge in [-0.2, -0.15) is 0 Å². The molecule has 30 heavy (non-hydrogen) atoms. The molecule has 7 heteroatoms. The van der Waals surface area contributed by atoms with Gasteiger partial charge in [0.15, 0.2) is 5.76 Å². The van der Waals surface area contributed by atoms with Gasteiger partial charge in [-0.25, -0.2) is 0 Å². The molecule has 0 saturated heterocycles. The van der Waals surface area contributed by atoms with Crippen molar-refractivity contribution in [1.82, 2.24) is 0 Å². The minimum Gasteiger partial charge on any atom is -0.459 e. The lowest BCUT2D eigenvalue weighted by Gasteiger charge is -2.19. The Hall–Kier alpha value is -3.25. The summed E-state index contributed by atoms with van der Waals surface area (Å²) in [5.41, 5.74) is 2.98. The topological polar surface area (TPSA) is 83.4 Å². The lowest BCUT2D eigenvalue weighted by atomic mass is 9.87. The van der Waals surface area contributed by atoms with Gasteiger partial charge in [0, 0.05) is 10.7 Å². The Morgan fingerprint density at radius 3 is 2.33 bits per heavy atom. The van der Waals surface area contributed by atoms with Crippen molar-refractivity contribution in [3.8, 4) is 0 Å². The molecule has 156 valence electrons.